The van der Waals surface area contributed by atoms with Crippen molar-refractivity contribution in [1.29, 1.82) is 0 Å². The number of hydrogen-bond donors (Lipinski definition) is 2. The second kappa shape index (κ2) is 6.73. The highest BCUT2D eigenvalue weighted by atomic mass is 32.2. The van der Waals surface area contributed by atoms with E-state index in [1.54, 1.807) is 6.26 Å². The van der Waals surface area contributed by atoms with Crippen LogP contribution in [0.2, 0.25) is 0 Å². The lowest BCUT2D eigenvalue weighted by atomic mass is 10.3. The summed E-state index contributed by atoms with van der Waals surface area (Å²) in [4.78, 5) is 21.5. The van der Waals surface area contributed by atoms with E-state index >= 15 is 0 Å². The van der Waals surface area contributed by atoms with Crippen LogP contribution in [-0.2, 0) is 14.3 Å². The van der Waals surface area contributed by atoms with Crippen LogP contribution in [0.25, 0.3) is 0 Å². The number of carboxylic acid groups (broad SMARTS) is 1. The van der Waals surface area contributed by atoms with Crippen LogP contribution in [0.4, 0.5) is 0 Å². The van der Waals surface area contributed by atoms with Crippen molar-refractivity contribution in [3.05, 3.63) is 0 Å². The Morgan fingerprint density at radius 2 is 2.23 bits per heavy atom. The molecule has 0 aliphatic heterocycles. The zero-order valence-electron chi connectivity index (χ0n) is 7.57. The molecule has 0 saturated heterocycles. The Kier molecular flexibility index (Phi) is 6.34. The third kappa shape index (κ3) is 5.48. The number of hydrogen-bond acceptors (Lipinski definition) is 4. The first-order chi connectivity index (χ1) is 6.11. The van der Waals surface area contributed by atoms with Crippen LogP contribution in [0.1, 0.15) is 0 Å². The zero-order chi connectivity index (χ0) is 10.3. The maximum atomic E-state index is 10.9. The minimum atomic E-state index is -1.03. The lowest BCUT2D eigenvalue weighted by molar-refractivity contribution is -0.141. The third-order valence-electron chi connectivity index (χ3n) is 1.24. The zero-order valence-corrected chi connectivity index (χ0v) is 8.39. The maximum Gasteiger partial charge on any atom is 0.327 e. The molecule has 0 bridgehead atoms. The molecule has 5 nitrogen and oxygen atoms in total. The molecule has 0 aliphatic carbocycles. The van der Waals surface area contributed by atoms with Gasteiger partial charge in [-0.2, -0.15) is 11.8 Å². The first-order valence-electron chi connectivity index (χ1n) is 3.61. The molecular formula is C7H13NO4S. The molecule has 1 atom stereocenters. The topological polar surface area (TPSA) is 75.6 Å². The summed E-state index contributed by atoms with van der Waals surface area (Å²) >= 11 is 1.36. The second-order valence-electron chi connectivity index (χ2n) is 2.35. The average Bonchev–Trinajstić information content (AvgIpc) is 2.04. The van der Waals surface area contributed by atoms with Gasteiger partial charge in [0.25, 0.3) is 0 Å². The van der Waals surface area contributed by atoms with Gasteiger partial charge in [0.1, 0.15) is 12.6 Å². The van der Waals surface area contributed by atoms with Crippen molar-refractivity contribution in [2.24, 2.45) is 0 Å². The number of aliphatic carboxylic acids is 1. The summed E-state index contributed by atoms with van der Waals surface area (Å²) in [7, 11) is 1.38. The van der Waals surface area contributed by atoms with Gasteiger partial charge in [0.05, 0.1) is 0 Å². The molecule has 0 radical (unpaired) electrons. The summed E-state index contributed by atoms with van der Waals surface area (Å²) in [6.07, 6.45) is 1.78. The summed E-state index contributed by atoms with van der Waals surface area (Å²) < 4.78 is 4.55. The Morgan fingerprint density at radius 1 is 1.62 bits per heavy atom. The molecule has 0 aromatic rings. The minimum Gasteiger partial charge on any atom is -0.480 e. The largest absolute Gasteiger partial charge is 0.480 e. The Hall–Kier alpha value is -0.750. The summed E-state index contributed by atoms with van der Waals surface area (Å²) in [5, 5.41) is 11.0. The van der Waals surface area contributed by atoms with E-state index in [9.17, 15) is 9.59 Å². The van der Waals surface area contributed by atoms with Crippen LogP contribution in [0, 0.1) is 0 Å². The molecule has 0 aliphatic rings. The molecule has 0 saturated carbocycles. The molecule has 1 unspecified atom stereocenters. The van der Waals surface area contributed by atoms with Gasteiger partial charge in [-0.1, -0.05) is 0 Å². The van der Waals surface area contributed by atoms with Crippen molar-refractivity contribution in [3.8, 4) is 0 Å². The van der Waals surface area contributed by atoms with Crippen molar-refractivity contribution >= 4 is 23.6 Å². The van der Waals surface area contributed by atoms with E-state index in [1.165, 1.54) is 18.9 Å². The van der Waals surface area contributed by atoms with Gasteiger partial charge in [0, 0.05) is 12.9 Å². The lowest BCUT2D eigenvalue weighted by Crippen LogP contribution is -2.43. The number of methoxy groups -OCH3 is 1. The SMILES string of the molecule is COCC(=O)NC(CSC)C(=O)O. The first kappa shape index (κ1) is 12.2. The van der Waals surface area contributed by atoms with Crippen molar-refractivity contribution in [1.82, 2.24) is 5.32 Å². The summed E-state index contributed by atoms with van der Waals surface area (Å²) in [6.45, 7) is -0.113. The third-order valence-corrected chi connectivity index (χ3v) is 1.91. The van der Waals surface area contributed by atoms with E-state index in [0.717, 1.165) is 0 Å². The molecule has 1 amide bonds. The van der Waals surface area contributed by atoms with Gasteiger partial charge in [0.15, 0.2) is 0 Å². The monoisotopic (exact) mass is 207 g/mol. The van der Waals surface area contributed by atoms with E-state index in [2.05, 4.69) is 10.1 Å². The fourth-order valence-electron chi connectivity index (χ4n) is 0.708. The van der Waals surface area contributed by atoms with E-state index in [4.69, 9.17) is 5.11 Å². The van der Waals surface area contributed by atoms with Crippen molar-refractivity contribution in [2.75, 3.05) is 25.7 Å². The van der Waals surface area contributed by atoms with Gasteiger partial charge in [0.2, 0.25) is 5.91 Å². The van der Waals surface area contributed by atoms with Gasteiger partial charge in [-0.3, -0.25) is 4.79 Å². The first-order valence-corrected chi connectivity index (χ1v) is 5.01. The molecule has 13 heavy (non-hydrogen) atoms. The molecular weight excluding hydrogens is 194 g/mol. The van der Waals surface area contributed by atoms with Gasteiger partial charge in [-0.25, -0.2) is 4.79 Å². The molecule has 0 heterocycles. The number of carbonyl (C=O) groups excluding carboxylic acids is 1. The highest BCUT2D eigenvalue weighted by Crippen LogP contribution is 1.97. The summed E-state index contributed by atoms with van der Waals surface area (Å²) in [5.41, 5.74) is 0. The van der Waals surface area contributed by atoms with Crippen LogP contribution >= 0.6 is 11.8 Å². The molecule has 0 spiro atoms. The smallest absolute Gasteiger partial charge is 0.327 e. The van der Waals surface area contributed by atoms with Crippen molar-refractivity contribution in [2.45, 2.75) is 6.04 Å². The summed E-state index contributed by atoms with van der Waals surface area (Å²) in [5.74, 6) is -1.09. The van der Waals surface area contributed by atoms with Crippen LogP contribution in [0.15, 0.2) is 0 Å². The Balaban J connectivity index is 3.94. The highest BCUT2D eigenvalue weighted by Gasteiger charge is 2.18. The summed E-state index contributed by atoms with van der Waals surface area (Å²) in [6, 6.07) is -0.836. The number of ether oxygens (including phenoxy) is 1. The molecule has 2 N–H and O–H groups in total. The highest BCUT2D eigenvalue weighted by molar-refractivity contribution is 7.98. The van der Waals surface area contributed by atoms with Gasteiger partial charge in [-0.05, 0) is 6.26 Å². The molecule has 6 heteroatoms. The van der Waals surface area contributed by atoms with Crippen LogP contribution in [-0.4, -0.2) is 48.8 Å². The predicted octanol–water partition coefficient (Wildman–Crippen LogP) is -0.435. The standard InChI is InChI=1S/C7H13NO4S/c1-12-3-6(9)8-5(4-13-2)7(10)11/h5H,3-4H2,1-2H3,(H,8,9)(H,10,11). The number of nitrogens with one attached hydrogen (secondary N) is 1. The van der Waals surface area contributed by atoms with Crippen molar-refractivity contribution in [3.63, 3.8) is 0 Å². The number of carbonyl (C=O) groups is 2. The number of thioether (sulfide) groups is 1. The van der Waals surface area contributed by atoms with E-state index < -0.39 is 17.9 Å². The average molecular weight is 207 g/mol. The normalized spacial score (nSPS) is 12.2. The Labute approximate surface area is 80.8 Å². The fourth-order valence-corrected chi connectivity index (χ4v) is 1.27. The minimum absolute atomic E-state index is 0.113. The van der Waals surface area contributed by atoms with E-state index in [0.29, 0.717) is 5.75 Å². The van der Waals surface area contributed by atoms with Crippen LogP contribution in [0.5, 0.6) is 0 Å². The number of amides is 1. The maximum absolute atomic E-state index is 10.9. The van der Waals surface area contributed by atoms with Gasteiger partial charge >= 0.3 is 5.97 Å². The Bertz CT molecular complexity index is 185. The quantitative estimate of drug-likeness (QED) is 0.618. The number of carboxylic acids is 1. The van der Waals surface area contributed by atoms with Gasteiger partial charge < -0.3 is 15.2 Å². The molecule has 76 valence electrons. The van der Waals surface area contributed by atoms with E-state index in [1.807, 2.05) is 0 Å². The lowest BCUT2D eigenvalue weighted by Gasteiger charge is -2.12. The van der Waals surface area contributed by atoms with Crippen molar-refractivity contribution < 1.29 is 19.4 Å². The second-order valence-corrected chi connectivity index (χ2v) is 3.26. The van der Waals surface area contributed by atoms with Crippen LogP contribution < -0.4 is 5.32 Å². The van der Waals surface area contributed by atoms with E-state index in [-0.39, 0.29) is 6.61 Å². The number of rotatable bonds is 6. The molecule has 0 aromatic heterocycles. The van der Waals surface area contributed by atoms with Crippen LogP contribution in [0.3, 0.4) is 0 Å². The molecule has 0 rings (SSSR count). The van der Waals surface area contributed by atoms with Gasteiger partial charge in [-0.15, -0.1) is 0 Å². The molecule has 0 fully saturated rings. The predicted molar refractivity (Wildman–Crippen MR) is 49.8 cm³/mol. The Morgan fingerprint density at radius 3 is 2.62 bits per heavy atom. The fraction of sp³-hybridized carbons (Fsp3) is 0.714. The molecule has 0 aromatic carbocycles.